The smallest absolute Gasteiger partial charge is 0.140 e. The highest BCUT2D eigenvalue weighted by molar-refractivity contribution is 5.34. The Labute approximate surface area is 114 Å². The van der Waals surface area contributed by atoms with Crippen molar-refractivity contribution in [1.82, 2.24) is 10.2 Å². The van der Waals surface area contributed by atoms with Crippen LogP contribution in [0.5, 0.6) is 0 Å². The monoisotopic (exact) mass is 261 g/mol. The summed E-state index contributed by atoms with van der Waals surface area (Å²) in [5, 5.41) is 12.1. The van der Waals surface area contributed by atoms with Gasteiger partial charge in [0.25, 0.3) is 0 Å². The second kappa shape index (κ2) is 6.65. The van der Waals surface area contributed by atoms with Crippen LogP contribution in [0.3, 0.4) is 0 Å². The molecule has 102 valence electrons. The average molecular weight is 261 g/mol. The maximum Gasteiger partial charge on any atom is 0.140 e. The number of nitrogens with one attached hydrogen (secondary N) is 1. The Morgan fingerprint density at radius 2 is 2.16 bits per heavy atom. The number of hydrogen-bond donors (Lipinski definition) is 1. The predicted molar refractivity (Wildman–Crippen MR) is 73.0 cm³/mol. The number of halogens is 1. The molecule has 1 aliphatic rings. The SMILES string of the molecule is CNCC1CCN(Cc2ccc(F)c(C#N)c2)CC1. The van der Waals surface area contributed by atoms with Crippen molar-refractivity contribution >= 4 is 0 Å². The molecule has 1 aromatic carbocycles. The Bertz CT molecular complexity index is 459. The molecule has 1 saturated heterocycles. The van der Waals surface area contributed by atoms with Crippen LogP contribution in [0.25, 0.3) is 0 Å². The summed E-state index contributed by atoms with van der Waals surface area (Å²) in [6.07, 6.45) is 2.40. The van der Waals surface area contributed by atoms with Crippen LogP contribution < -0.4 is 5.32 Å². The van der Waals surface area contributed by atoms with Gasteiger partial charge in [-0.3, -0.25) is 4.90 Å². The highest BCUT2D eigenvalue weighted by Gasteiger charge is 2.18. The third-order valence-corrected chi connectivity index (χ3v) is 3.76. The lowest BCUT2D eigenvalue weighted by molar-refractivity contribution is 0.176. The van der Waals surface area contributed by atoms with E-state index in [-0.39, 0.29) is 5.56 Å². The standard InChI is InChI=1S/C15H20FN3/c1-18-10-12-4-6-19(7-5-12)11-13-2-3-15(16)14(8-13)9-17/h2-3,8,12,18H,4-7,10-11H2,1H3. The molecule has 3 nitrogen and oxygen atoms in total. The van der Waals surface area contributed by atoms with Crippen LogP contribution in [0.4, 0.5) is 4.39 Å². The third kappa shape index (κ3) is 3.76. The van der Waals surface area contributed by atoms with Crippen molar-refractivity contribution < 1.29 is 4.39 Å². The van der Waals surface area contributed by atoms with E-state index in [1.165, 1.54) is 18.9 Å². The van der Waals surface area contributed by atoms with E-state index in [9.17, 15) is 4.39 Å². The molecule has 0 aromatic heterocycles. The molecule has 1 aliphatic heterocycles. The minimum Gasteiger partial charge on any atom is -0.319 e. The number of rotatable bonds is 4. The van der Waals surface area contributed by atoms with Gasteiger partial charge in [-0.15, -0.1) is 0 Å². The highest BCUT2D eigenvalue weighted by atomic mass is 19.1. The molecule has 0 radical (unpaired) electrons. The Balaban J connectivity index is 1.91. The predicted octanol–water partition coefficient (Wildman–Crippen LogP) is 2.13. The van der Waals surface area contributed by atoms with Gasteiger partial charge in [-0.1, -0.05) is 6.07 Å². The van der Waals surface area contributed by atoms with Crippen molar-refractivity contribution in [2.45, 2.75) is 19.4 Å². The summed E-state index contributed by atoms with van der Waals surface area (Å²) in [5.41, 5.74) is 1.16. The van der Waals surface area contributed by atoms with E-state index in [0.29, 0.717) is 0 Å². The number of piperidine rings is 1. The Morgan fingerprint density at radius 3 is 2.79 bits per heavy atom. The van der Waals surface area contributed by atoms with Crippen molar-refractivity contribution in [3.63, 3.8) is 0 Å². The molecule has 0 amide bonds. The Hall–Kier alpha value is -1.44. The molecule has 19 heavy (non-hydrogen) atoms. The van der Waals surface area contributed by atoms with E-state index < -0.39 is 5.82 Å². The fraction of sp³-hybridized carbons (Fsp3) is 0.533. The first kappa shape index (κ1) is 14.0. The van der Waals surface area contributed by atoms with Gasteiger partial charge in [-0.05, 0) is 63.1 Å². The van der Waals surface area contributed by atoms with Crippen LogP contribution >= 0.6 is 0 Å². The van der Waals surface area contributed by atoms with E-state index in [4.69, 9.17) is 5.26 Å². The molecule has 0 aliphatic carbocycles. The van der Waals surface area contributed by atoms with Gasteiger partial charge in [0.2, 0.25) is 0 Å². The van der Waals surface area contributed by atoms with Gasteiger partial charge in [-0.2, -0.15) is 5.26 Å². The zero-order valence-corrected chi connectivity index (χ0v) is 11.3. The summed E-state index contributed by atoms with van der Waals surface area (Å²) in [4.78, 5) is 2.38. The summed E-state index contributed by atoms with van der Waals surface area (Å²) < 4.78 is 13.2. The lowest BCUT2D eigenvalue weighted by atomic mass is 9.96. The molecule has 0 bridgehead atoms. The topological polar surface area (TPSA) is 39.1 Å². The number of nitriles is 1. The van der Waals surface area contributed by atoms with E-state index in [1.807, 2.05) is 13.1 Å². The molecule has 0 atom stereocenters. The normalized spacial score (nSPS) is 17.3. The van der Waals surface area contributed by atoms with Crippen LogP contribution in [0, 0.1) is 23.1 Å². The number of benzene rings is 1. The molecule has 1 aromatic rings. The number of hydrogen-bond acceptors (Lipinski definition) is 3. The van der Waals surface area contributed by atoms with Gasteiger partial charge in [0.15, 0.2) is 0 Å². The fourth-order valence-corrected chi connectivity index (χ4v) is 2.65. The largest absolute Gasteiger partial charge is 0.319 e. The number of nitrogens with zero attached hydrogens (tertiary/aromatic N) is 2. The van der Waals surface area contributed by atoms with Crippen LogP contribution in [0.15, 0.2) is 18.2 Å². The van der Waals surface area contributed by atoms with Crippen LogP contribution in [-0.4, -0.2) is 31.6 Å². The zero-order valence-electron chi connectivity index (χ0n) is 11.3. The third-order valence-electron chi connectivity index (χ3n) is 3.76. The van der Waals surface area contributed by atoms with E-state index in [2.05, 4.69) is 10.2 Å². The minimum absolute atomic E-state index is 0.141. The van der Waals surface area contributed by atoms with Crippen LogP contribution in [-0.2, 0) is 6.54 Å². The molecule has 4 heteroatoms. The van der Waals surface area contributed by atoms with Gasteiger partial charge in [-0.25, -0.2) is 4.39 Å². The summed E-state index contributed by atoms with van der Waals surface area (Å²) in [7, 11) is 1.99. The molecule has 0 unspecified atom stereocenters. The van der Waals surface area contributed by atoms with Crippen molar-refractivity contribution in [2.24, 2.45) is 5.92 Å². The molecule has 1 N–H and O–H groups in total. The maximum atomic E-state index is 13.2. The summed E-state index contributed by atoms with van der Waals surface area (Å²) >= 11 is 0. The first-order chi connectivity index (χ1) is 9.22. The Morgan fingerprint density at radius 1 is 1.42 bits per heavy atom. The lowest BCUT2D eigenvalue weighted by Gasteiger charge is -2.31. The maximum absolute atomic E-state index is 13.2. The second-order valence-electron chi connectivity index (χ2n) is 5.20. The number of likely N-dealkylation sites (tertiary alicyclic amines) is 1. The van der Waals surface area contributed by atoms with Gasteiger partial charge < -0.3 is 5.32 Å². The van der Waals surface area contributed by atoms with E-state index in [0.717, 1.165) is 37.7 Å². The van der Waals surface area contributed by atoms with Crippen LogP contribution in [0.1, 0.15) is 24.0 Å². The van der Waals surface area contributed by atoms with Crippen molar-refractivity contribution in [3.05, 3.63) is 35.1 Å². The lowest BCUT2D eigenvalue weighted by Crippen LogP contribution is -2.36. The van der Waals surface area contributed by atoms with Gasteiger partial charge >= 0.3 is 0 Å². The molecule has 2 rings (SSSR count). The molecule has 0 spiro atoms. The first-order valence-electron chi connectivity index (χ1n) is 6.78. The first-order valence-corrected chi connectivity index (χ1v) is 6.78. The fourth-order valence-electron chi connectivity index (χ4n) is 2.65. The summed E-state index contributed by atoms with van der Waals surface area (Å²) in [6, 6.07) is 6.72. The molecule has 1 fully saturated rings. The van der Waals surface area contributed by atoms with Gasteiger partial charge in [0.05, 0.1) is 5.56 Å². The minimum atomic E-state index is -0.432. The zero-order chi connectivity index (χ0) is 13.7. The van der Waals surface area contributed by atoms with Crippen molar-refractivity contribution in [1.29, 1.82) is 5.26 Å². The quantitative estimate of drug-likeness (QED) is 0.902. The Kier molecular flexibility index (Phi) is 4.89. The molecule has 0 saturated carbocycles. The molecular formula is C15H20FN3. The summed E-state index contributed by atoms with van der Waals surface area (Å²) in [5.74, 6) is 0.336. The van der Waals surface area contributed by atoms with Crippen LogP contribution in [0.2, 0.25) is 0 Å². The highest BCUT2D eigenvalue weighted by Crippen LogP contribution is 2.19. The van der Waals surface area contributed by atoms with Gasteiger partial charge in [0.1, 0.15) is 11.9 Å². The molecular weight excluding hydrogens is 241 g/mol. The van der Waals surface area contributed by atoms with Gasteiger partial charge in [0, 0.05) is 6.54 Å². The molecule has 1 heterocycles. The van der Waals surface area contributed by atoms with Crippen molar-refractivity contribution in [3.8, 4) is 6.07 Å². The average Bonchev–Trinajstić information content (AvgIpc) is 2.43. The van der Waals surface area contributed by atoms with Crippen molar-refractivity contribution in [2.75, 3.05) is 26.7 Å². The second-order valence-corrected chi connectivity index (χ2v) is 5.20. The van der Waals surface area contributed by atoms with E-state index >= 15 is 0 Å². The van der Waals surface area contributed by atoms with E-state index in [1.54, 1.807) is 12.1 Å². The summed E-state index contributed by atoms with van der Waals surface area (Å²) in [6.45, 7) is 4.04.